The third-order valence-corrected chi connectivity index (χ3v) is 6.17. The summed E-state index contributed by atoms with van der Waals surface area (Å²) in [5, 5.41) is 7.11. The Labute approximate surface area is 204 Å². The molecule has 2 atom stereocenters. The van der Waals surface area contributed by atoms with Crippen molar-refractivity contribution in [3.63, 3.8) is 0 Å². The molecule has 0 spiro atoms. The third-order valence-electron chi connectivity index (χ3n) is 6.17. The summed E-state index contributed by atoms with van der Waals surface area (Å²) in [4.78, 5) is 21.8. The number of halogens is 5. The molecule has 0 bridgehead atoms. The van der Waals surface area contributed by atoms with Gasteiger partial charge in [0.15, 0.2) is 11.4 Å². The van der Waals surface area contributed by atoms with Crippen LogP contribution >= 0.6 is 0 Å². The van der Waals surface area contributed by atoms with Gasteiger partial charge in [-0.15, -0.1) is 0 Å². The van der Waals surface area contributed by atoms with E-state index >= 15 is 0 Å². The average molecular weight is 508 g/mol. The lowest BCUT2D eigenvalue weighted by atomic mass is 9.88. The number of piperidine rings is 1. The van der Waals surface area contributed by atoms with Crippen LogP contribution < -0.4 is 5.32 Å². The van der Waals surface area contributed by atoms with Crippen LogP contribution in [0.5, 0.6) is 0 Å². The normalized spacial score (nSPS) is 19.8. The summed E-state index contributed by atoms with van der Waals surface area (Å²) in [6, 6.07) is 6.74. The number of aryl methyl sites for hydroxylation is 2. The number of nitrogens with one attached hydrogen (secondary N) is 1. The Morgan fingerprint density at radius 3 is 2.47 bits per heavy atom. The molecule has 2 aromatic heterocycles. The van der Waals surface area contributed by atoms with Crippen LogP contribution in [0, 0.1) is 12.8 Å². The number of nitrogens with zero attached hydrogens (tertiary/aromatic N) is 5. The van der Waals surface area contributed by atoms with E-state index in [0.29, 0.717) is 11.8 Å². The van der Waals surface area contributed by atoms with Crippen LogP contribution in [-0.2, 0) is 13.2 Å². The number of benzene rings is 1. The smallest absolute Gasteiger partial charge is 0.367 e. The monoisotopic (exact) mass is 508 g/mol. The lowest BCUT2D eigenvalue weighted by Gasteiger charge is -2.43. The molecule has 7 nitrogen and oxygen atoms in total. The van der Waals surface area contributed by atoms with Crippen LogP contribution in [0.25, 0.3) is 11.1 Å². The summed E-state index contributed by atoms with van der Waals surface area (Å²) in [5.41, 5.74) is 1.17. The Morgan fingerprint density at radius 2 is 1.86 bits per heavy atom. The van der Waals surface area contributed by atoms with Gasteiger partial charge in [0.05, 0.1) is 25.0 Å². The van der Waals surface area contributed by atoms with Crippen molar-refractivity contribution in [3.05, 3.63) is 59.8 Å². The average Bonchev–Trinajstić information content (AvgIpc) is 3.19. The predicted octanol–water partition coefficient (Wildman–Crippen LogP) is 4.80. The van der Waals surface area contributed by atoms with Gasteiger partial charge in [0, 0.05) is 31.8 Å². The number of amides is 1. The summed E-state index contributed by atoms with van der Waals surface area (Å²) in [5.74, 6) is -4.32. The van der Waals surface area contributed by atoms with Crippen molar-refractivity contribution in [2.45, 2.75) is 38.4 Å². The van der Waals surface area contributed by atoms with Crippen LogP contribution in [0.15, 0.2) is 42.9 Å². The number of anilines is 1. The molecule has 1 aliphatic heterocycles. The van der Waals surface area contributed by atoms with Gasteiger partial charge >= 0.3 is 6.18 Å². The van der Waals surface area contributed by atoms with Gasteiger partial charge in [-0.1, -0.05) is 36.8 Å². The standard InChI is InChI=1S/C24H25F5N6O/c1-14-4-6-16(7-5-14)17-12-34(3)33-21(17)22(36)35-13-23(25,26)8-15(2)18(35)9-31-20-11-30-19(10-32-20)24(27,28)29/h4-7,10-12,15,18H,8-9,13H2,1-3H3,(H,31,32)/t15-,18?/m1/s1. The van der Waals surface area contributed by atoms with Crippen LogP contribution in [0.4, 0.5) is 27.8 Å². The molecule has 1 aliphatic rings. The highest BCUT2D eigenvalue weighted by molar-refractivity contribution is 5.99. The maximum absolute atomic E-state index is 14.6. The van der Waals surface area contributed by atoms with Gasteiger partial charge in [-0.3, -0.25) is 9.48 Å². The quantitative estimate of drug-likeness (QED) is 0.501. The summed E-state index contributed by atoms with van der Waals surface area (Å²) >= 11 is 0. The molecule has 0 aliphatic carbocycles. The van der Waals surface area contributed by atoms with E-state index in [0.717, 1.165) is 22.2 Å². The first-order valence-corrected chi connectivity index (χ1v) is 11.3. The van der Waals surface area contributed by atoms with Gasteiger partial charge in [0.25, 0.3) is 11.8 Å². The molecule has 0 saturated carbocycles. The van der Waals surface area contributed by atoms with E-state index < -0.39 is 48.6 Å². The molecule has 36 heavy (non-hydrogen) atoms. The van der Waals surface area contributed by atoms with Gasteiger partial charge in [-0.2, -0.15) is 18.3 Å². The van der Waals surface area contributed by atoms with E-state index in [1.165, 1.54) is 4.68 Å². The minimum atomic E-state index is -4.63. The van der Waals surface area contributed by atoms with Crippen molar-refractivity contribution in [2.75, 3.05) is 18.4 Å². The maximum atomic E-state index is 14.6. The van der Waals surface area contributed by atoms with Crippen molar-refractivity contribution in [3.8, 4) is 11.1 Å². The SMILES string of the molecule is Cc1ccc(-c2cn(C)nc2C(=O)N2CC(F)(F)C[C@@H](C)C2CNc2cnc(C(F)(F)F)cn2)cc1. The van der Waals surface area contributed by atoms with Gasteiger partial charge in [-0.25, -0.2) is 18.7 Å². The highest BCUT2D eigenvalue weighted by Gasteiger charge is 2.46. The zero-order valence-corrected chi connectivity index (χ0v) is 19.9. The number of rotatable bonds is 5. The predicted molar refractivity (Wildman–Crippen MR) is 122 cm³/mol. The van der Waals surface area contributed by atoms with Crippen molar-refractivity contribution in [1.29, 1.82) is 0 Å². The Kier molecular flexibility index (Phi) is 6.72. The summed E-state index contributed by atoms with van der Waals surface area (Å²) in [6.45, 7) is 2.73. The lowest BCUT2D eigenvalue weighted by molar-refractivity contribution is -0.141. The van der Waals surface area contributed by atoms with Crippen molar-refractivity contribution < 1.29 is 26.7 Å². The van der Waals surface area contributed by atoms with Gasteiger partial charge < -0.3 is 10.2 Å². The summed E-state index contributed by atoms with van der Waals surface area (Å²) in [7, 11) is 1.64. The van der Waals surface area contributed by atoms with Gasteiger partial charge in [0.2, 0.25) is 0 Å². The lowest BCUT2D eigenvalue weighted by Crippen LogP contribution is -2.57. The highest BCUT2D eigenvalue weighted by atomic mass is 19.4. The molecule has 1 amide bonds. The molecule has 1 N–H and O–H groups in total. The Bertz CT molecular complexity index is 1220. The third kappa shape index (κ3) is 5.47. The molecule has 0 radical (unpaired) electrons. The van der Waals surface area contributed by atoms with Crippen LogP contribution in [0.1, 0.15) is 35.1 Å². The van der Waals surface area contributed by atoms with E-state index in [-0.39, 0.29) is 18.1 Å². The number of alkyl halides is 5. The van der Waals surface area contributed by atoms with Crippen molar-refractivity contribution in [1.82, 2.24) is 24.6 Å². The Morgan fingerprint density at radius 1 is 1.17 bits per heavy atom. The van der Waals surface area contributed by atoms with Crippen molar-refractivity contribution >= 4 is 11.7 Å². The van der Waals surface area contributed by atoms with Gasteiger partial charge in [-0.05, 0) is 18.4 Å². The van der Waals surface area contributed by atoms with Crippen LogP contribution in [0.3, 0.4) is 0 Å². The molecule has 192 valence electrons. The first-order chi connectivity index (χ1) is 16.8. The zero-order valence-electron chi connectivity index (χ0n) is 19.9. The molecule has 1 fully saturated rings. The minimum Gasteiger partial charge on any atom is -0.367 e. The second-order valence-electron chi connectivity index (χ2n) is 9.13. The maximum Gasteiger partial charge on any atom is 0.434 e. The van der Waals surface area contributed by atoms with Crippen LogP contribution in [0.2, 0.25) is 0 Å². The molecule has 3 aromatic rings. The number of carbonyl (C=O) groups is 1. The number of hydrogen-bond acceptors (Lipinski definition) is 5. The van der Waals surface area contributed by atoms with Gasteiger partial charge in [0.1, 0.15) is 5.82 Å². The number of aromatic nitrogens is 4. The molecular formula is C24H25F5N6O. The topological polar surface area (TPSA) is 75.9 Å². The highest BCUT2D eigenvalue weighted by Crippen LogP contribution is 2.36. The first-order valence-electron chi connectivity index (χ1n) is 11.3. The first kappa shape index (κ1) is 25.5. The molecule has 3 heterocycles. The fraction of sp³-hybridized carbons (Fsp3) is 0.417. The van der Waals surface area contributed by atoms with E-state index in [9.17, 15) is 26.7 Å². The Hall–Kier alpha value is -3.57. The Balaban J connectivity index is 1.60. The molecular weight excluding hydrogens is 483 g/mol. The second-order valence-corrected chi connectivity index (χ2v) is 9.13. The number of carbonyl (C=O) groups excluding carboxylic acids is 1. The largest absolute Gasteiger partial charge is 0.434 e. The number of hydrogen-bond donors (Lipinski definition) is 1. The summed E-state index contributed by atoms with van der Waals surface area (Å²) in [6.07, 6.45) is -1.89. The van der Waals surface area contributed by atoms with E-state index in [1.807, 2.05) is 31.2 Å². The molecule has 12 heteroatoms. The fourth-order valence-electron chi connectivity index (χ4n) is 4.38. The molecule has 1 aromatic carbocycles. The fourth-order valence-corrected chi connectivity index (χ4v) is 4.38. The van der Waals surface area contributed by atoms with Crippen LogP contribution in [-0.4, -0.2) is 55.6 Å². The van der Waals surface area contributed by atoms with Crippen molar-refractivity contribution in [2.24, 2.45) is 13.0 Å². The van der Waals surface area contributed by atoms with E-state index in [1.54, 1.807) is 20.2 Å². The zero-order chi connectivity index (χ0) is 26.3. The second kappa shape index (κ2) is 9.47. The number of likely N-dealkylation sites (tertiary alicyclic amines) is 1. The van der Waals surface area contributed by atoms with E-state index in [4.69, 9.17) is 0 Å². The molecule has 4 rings (SSSR count). The molecule has 1 unspecified atom stereocenters. The summed E-state index contributed by atoms with van der Waals surface area (Å²) < 4.78 is 68.9. The minimum absolute atomic E-state index is 0.00424. The molecule has 1 saturated heterocycles. The van der Waals surface area contributed by atoms with E-state index in [2.05, 4.69) is 20.4 Å².